The van der Waals surface area contributed by atoms with Crippen molar-refractivity contribution in [1.82, 2.24) is 4.31 Å². The Balaban J connectivity index is 2.13. The lowest BCUT2D eigenvalue weighted by Crippen LogP contribution is -2.38. The summed E-state index contributed by atoms with van der Waals surface area (Å²) >= 11 is 0. The first-order valence-electron chi connectivity index (χ1n) is 7.20. The predicted molar refractivity (Wildman–Crippen MR) is 80.1 cm³/mol. The fraction of sp³-hybridized carbons (Fsp3) is 0.600. The van der Waals surface area contributed by atoms with Gasteiger partial charge < -0.3 is 5.73 Å². The number of nitrogens with two attached hydrogens (primary N) is 1. The fourth-order valence-corrected chi connectivity index (χ4v) is 6.00. The van der Waals surface area contributed by atoms with Crippen molar-refractivity contribution >= 4 is 15.7 Å². The smallest absolute Gasteiger partial charge is 0.243 e. The van der Waals surface area contributed by atoms with Crippen LogP contribution in [0, 0.1) is 26.7 Å². The Hall–Kier alpha value is -1.07. The average Bonchev–Trinajstić information content (AvgIpc) is 2.99. The molecule has 1 aromatic carbocycles. The number of aryl methyl sites for hydroxylation is 1. The molecule has 1 saturated heterocycles. The lowest BCUT2D eigenvalue weighted by molar-refractivity contribution is 0.333. The summed E-state index contributed by atoms with van der Waals surface area (Å²) in [5.41, 5.74) is 9.01. The molecule has 20 heavy (non-hydrogen) atoms. The first-order chi connectivity index (χ1) is 9.32. The van der Waals surface area contributed by atoms with Crippen molar-refractivity contribution in [2.24, 2.45) is 5.92 Å². The van der Waals surface area contributed by atoms with Gasteiger partial charge in [-0.1, -0.05) is 0 Å². The summed E-state index contributed by atoms with van der Waals surface area (Å²) < 4.78 is 27.8. The number of benzene rings is 1. The minimum atomic E-state index is -3.42. The van der Waals surface area contributed by atoms with Gasteiger partial charge in [0.2, 0.25) is 10.0 Å². The van der Waals surface area contributed by atoms with Crippen LogP contribution in [0.5, 0.6) is 0 Å². The van der Waals surface area contributed by atoms with Gasteiger partial charge in [0.05, 0.1) is 4.90 Å². The highest BCUT2D eigenvalue weighted by Gasteiger charge is 2.45. The van der Waals surface area contributed by atoms with Gasteiger partial charge in [-0.05, 0) is 68.7 Å². The Morgan fingerprint density at radius 2 is 1.90 bits per heavy atom. The van der Waals surface area contributed by atoms with Gasteiger partial charge in [0.25, 0.3) is 0 Å². The summed E-state index contributed by atoms with van der Waals surface area (Å²) in [6.07, 6.45) is 3.20. The molecule has 0 amide bonds. The average molecular weight is 294 g/mol. The second-order valence-electron chi connectivity index (χ2n) is 6.27. The molecule has 1 heterocycles. The van der Waals surface area contributed by atoms with Crippen LogP contribution in [0.3, 0.4) is 0 Å². The molecule has 1 saturated carbocycles. The maximum absolute atomic E-state index is 13.0. The van der Waals surface area contributed by atoms with Crippen molar-refractivity contribution < 1.29 is 8.42 Å². The van der Waals surface area contributed by atoms with Crippen molar-refractivity contribution in [1.29, 1.82) is 0 Å². The third-order valence-electron chi connectivity index (χ3n) is 5.00. The Labute approximate surface area is 121 Å². The standard InChI is InChI=1S/C15H22N2O2S/c1-9-6-14(16)11(3)15(10(9)2)20(18,19)17-8-12-4-5-13(17)7-12/h6,12-13H,4-5,7-8,16H2,1-3H3. The van der Waals surface area contributed by atoms with Crippen molar-refractivity contribution in [2.45, 2.75) is 51.0 Å². The molecule has 0 aromatic heterocycles. The molecule has 1 aliphatic heterocycles. The molecule has 0 spiro atoms. The van der Waals surface area contributed by atoms with Gasteiger partial charge in [0.1, 0.15) is 0 Å². The van der Waals surface area contributed by atoms with E-state index in [1.54, 1.807) is 4.31 Å². The number of rotatable bonds is 2. The van der Waals surface area contributed by atoms with Crippen LogP contribution in [0.15, 0.2) is 11.0 Å². The molecule has 4 nitrogen and oxygen atoms in total. The molecule has 110 valence electrons. The van der Waals surface area contributed by atoms with E-state index in [0.717, 1.165) is 24.0 Å². The molecule has 1 aliphatic carbocycles. The topological polar surface area (TPSA) is 63.4 Å². The van der Waals surface area contributed by atoms with E-state index in [1.165, 1.54) is 6.42 Å². The molecular weight excluding hydrogens is 272 g/mol. The fourth-order valence-electron chi connectivity index (χ4n) is 3.72. The molecule has 3 rings (SSSR count). The molecule has 0 radical (unpaired) electrons. The van der Waals surface area contributed by atoms with Crippen LogP contribution in [0.25, 0.3) is 0 Å². The zero-order valence-corrected chi connectivity index (χ0v) is 13.1. The maximum atomic E-state index is 13.0. The van der Waals surface area contributed by atoms with E-state index in [2.05, 4.69) is 0 Å². The molecule has 1 aromatic rings. The number of sulfonamides is 1. The highest BCUT2D eigenvalue weighted by Crippen LogP contribution is 2.42. The summed E-state index contributed by atoms with van der Waals surface area (Å²) in [7, 11) is -3.42. The lowest BCUT2D eigenvalue weighted by Gasteiger charge is -2.28. The van der Waals surface area contributed by atoms with Crippen LogP contribution >= 0.6 is 0 Å². The summed E-state index contributed by atoms with van der Waals surface area (Å²) in [4.78, 5) is 0.433. The third kappa shape index (κ3) is 1.87. The molecule has 5 heteroatoms. The Kier molecular flexibility index (Phi) is 3.10. The van der Waals surface area contributed by atoms with Gasteiger partial charge in [0, 0.05) is 18.3 Å². The van der Waals surface area contributed by atoms with Gasteiger partial charge in [-0.25, -0.2) is 8.42 Å². The normalized spacial score (nSPS) is 26.4. The second-order valence-corrected chi connectivity index (χ2v) is 8.10. The number of piperidine rings is 1. The zero-order valence-electron chi connectivity index (χ0n) is 12.3. The number of hydrogen-bond acceptors (Lipinski definition) is 3. The van der Waals surface area contributed by atoms with E-state index < -0.39 is 10.0 Å². The monoisotopic (exact) mass is 294 g/mol. The predicted octanol–water partition coefficient (Wildman–Crippen LogP) is 2.37. The van der Waals surface area contributed by atoms with Gasteiger partial charge in [-0.15, -0.1) is 0 Å². The van der Waals surface area contributed by atoms with Crippen LogP contribution in [-0.2, 0) is 10.0 Å². The minimum absolute atomic E-state index is 0.200. The van der Waals surface area contributed by atoms with E-state index in [1.807, 2.05) is 26.8 Å². The van der Waals surface area contributed by atoms with Crippen molar-refractivity contribution in [2.75, 3.05) is 12.3 Å². The largest absolute Gasteiger partial charge is 0.398 e. The molecule has 2 bridgehead atoms. The first kappa shape index (κ1) is 13.9. The SMILES string of the molecule is Cc1cc(N)c(C)c(S(=O)(=O)N2CC3CCC2C3)c1C. The summed E-state index contributed by atoms with van der Waals surface area (Å²) in [5, 5.41) is 0. The molecular formula is C15H22N2O2S. The number of fused-ring (bicyclic) bond motifs is 2. The van der Waals surface area contributed by atoms with Gasteiger partial charge in [0.15, 0.2) is 0 Å². The molecule has 2 fully saturated rings. The van der Waals surface area contributed by atoms with E-state index in [0.29, 0.717) is 28.6 Å². The van der Waals surface area contributed by atoms with Gasteiger partial charge in [-0.2, -0.15) is 4.31 Å². The van der Waals surface area contributed by atoms with E-state index >= 15 is 0 Å². The lowest BCUT2D eigenvalue weighted by atomic mass is 10.1. The van der Waals surface area contributed by atoms with Gasteiger partial charge in [-0.3, -0.25) is 0 Å². The number of hydrogen-bond donors (Lipinski definition) is 1. The quantitative estimate of drug-likeness (QED) is 0.852. The number of anilines is 1. The Bertz CT molecular complexity index is 641. The van der Waals surface area contributed by atoms with Crippen molar-refractivity contribution in [3.63, 3.8) is 0 Å². The summed E-state index contributed by atoms with van der Waals surface area (Å²) in [6.45, 7) is 6.28. The van der Waals surface area contributed by atoms with E-state index in [9.17, 15) is 8.42 Å². The first-order valence-corrected chi connectivity index (χ1v) is 8.64. The third-order valence-corrected chi connectivity index (χ3v) is 7.20. The van der Waals surface area contributed by atoms with Crippen LogP contribution < -0.4 is 5.73 Å². The van der Waals surface area contributed by atoms with E-state index in [-0.39, 0.29) is 6.04 Å². The molecule has 2 aliphatic rings. The van der Waals surface area contributed by atoms with Crippen LogP contribution in [0.2, 0.25) is 0 Å². The zero-order chi connectivity index (χ0) is 14.7. The van der Waals surface area contributed by atoms with Crippen molar-refractivity contribution in [3.05, 3.63) is 22.8 Å². The minimum Gasteiger partial charge on any atom is -0.398 e. The van der Waals surface area contributed by atoms with Crippen LogP contribution in [0.1, 0.15) is 36.0 Å². The highest BCUT2D eigenvalue weighted by atomic mass is 32.2. The summed E-state index contributed by atoms with van der Waals surface area (Å²) in [6, 6.07) is 2.06. The van der Waals surface area contributed by atoms with E-state index in [4.69, 9.17) is 5.73 Å². The number of nitrogens with zero attached hydrogens (tertiary/aromatic N) is 1. The van der Waals surface area contributed by atoms with Gasteiger partial charge >= 0.3 is 0 Å². The number of nitrogen functional groups attached to an aromatic ring is 1. The van der Waals surface area contributed by atoms with Crippen LogP contribution in [-0.4, -0.2) is 25.3 Å². The van der Waals surface area contributed by atoms with Crippen molar-refractivity contribution in [3.8, 4) is 0 Å². The molecule has 2 N–H and O–H groups in total. The maximum Gasteiger partial charge on any atom is 0.243 e. The second kappa shape index (κ2) is 4.46. The summed E-state index contributed by atoms with van der Waals surface area (Å²) in [5.74, 6) is 0.553. The Morgan fingerprint density at radius 3 is 2.45 bits per heavy atom. The molecule has 2 unspecified atom stereocenters. The highest BCUT2D eigenvalue weighted by molar-refractivity contribution is 7.89. The molecule has 2 atom stereocenters. The Morgan fingerprint density at radius 1 is 1.20 bits per heavy atom. The van der Waals surface area contributed by atoms with Crippen LogP contribution in [0.4, 0.5) is 5.69 Å².